The zero-order valence-electron chi connectivity index (χ0n) is 19.2. The Hall–Kier alpha value is -3.86. The summed E-state index contributed by atoms with van der Waals surface area (Å²) >= 11 is 0. The van der Waals surface area contributed by atoms with E-state index in [1.165, 1.54) is 22.9 Å². The molecule has 0 fully saturated rings. The topological polar surface area (TPSA) is 76.6 Å². The zero-order chi connectivity index (χ0) is 23.1. The lowest BCUT2D eigenvalue weighted by molar-refractivity contribution is 1.12. The van der Waals surface area contributed by atoms with Gasteiger partial charge in [-0.3, -0.25) is 0 Å². The summed E-state index contributed by atoms with van der Waals surface area (Å²) in [5, 5.41) is 13.7. The van der Waals surface area contributed by atoms with E-state index < -0.39 is 0 Å². The van der Waals surface area contributed by atoms with E-state index in [4.69, 9.17) is 10.4 Å². The van der Waals surface area contributed by atoms with Gasteiger partial charge in [0.1, 0.15) is 5.82 Å². The number of fused-ring (bicyclic) bond motifs is 1. The third kappa shape index (κ3) is 5.24. The Kier molecular flexibility index (Phi) is 7.45. The van der Waals surface area contributed by atoms with Crippen LogP contribution in [0.3, 0.4) is 0 Å². The molecule has 0 unspecified atom stereocenters. The molecule has 0 spiro atoms. The molecule has 0 amide bonds. The Balaban J connectivity index is 2.18. The van der Waals surface area contributed by atoms with Gasteiger partial charge in [0, 0.05) is 31.6 Å². The first kappa shape index (κ1) is 22.8. The van der Waals surface area contributed by atoms with Crippen LogP contribution in [0, 0.1) is 12.3 Å². The maximum atomic E-state index is 7.42. The zero-order valence-corrected chi connectivity index (χ0v) is 19.2. The fourth-order valence-corrected chi connectivity index (χ4v) is 3.82. The van der Waals surface area contributed by atoms with E-state index in [-0.39, 0.29) is 0 Å². The van der Waals surface area contributed by atoms with E-state index in [0.29, 0.717) is 0 Å². The highest BCUT2D eigenvalue weighted by Crippen LogP contribution is 2.30. The SMILES string of the molecule is C=CN/C=C(\C=C(C)C)c1ccc2[nH]c(C)nc2c1Cc1cccc(/C(=C/C=N)NC)c1. The molecule has 2 aromatic carbocycles. The molecule has 32 heavy (non-hydrogen) atoms. The Morgan fingerprint density at radius 3 is 2.72 bits per heavy atom. The van der Waals surface area contributed by atoms with Gasteiger partial charge in [0.25, 0.3) is 0 Å². The Morgan fingerprint density at radius 1 is 1.22 bits per heavy atom. The smallest absolute Gasteiger partial charge is 0.104 e. The van der Waals surface area contributed by atoms with E-state index in [2.05, 4.69) is 78.5 Å². The first-order chi connectivity index (χ1) is 15.5. The van der Waals surface area contributed by atoms with Gasteiger partial charge in [-0.1, -0.05) is 42.5 Å². The predicted molar refractivity (Wildman–Crippen MR) is 137 cm³/mol. The molecule has 0 aliphatic rings. The normalized spacial score (nSPS) is 11.9. The van der Waals surface area contributed by atoms with E-state index in [1.54, 1.807) is 12.3 Å². The molecule has 0 saturated heterocycles. The van der Waals surface area contributed by atoms with Crippen LogP contribution in [0.2, 0.25) is 0 Å². The van der Waals surface area contributed by atoms with Crippen molar-refractivity contribution in [1.29, 1.82) is 5.41 Å². The molecule has 0 aliphatic carbocycles. The van der Waals surface area contributed by atoms with Crippen LogP contribution in [0.1, 0.15) is 41.9 Å². The van der Waals surface area contributed by atoms with Crippen molar-refractivity contribution < 1.29 is 0 Å². The number of benzene rings is 2. The van der Waals surface area contributed by atoms with Crippen LogP contribution in [0.4, 0.5) is 0 Å². The molecule has 1 heterocycles. The maximum absolute atomic E-state index is 7.42. The number of aromatic nitrogens is 2. The first-order valence-electron chi connectivity index (χ1n) is 10.6. The predicted octanol–water partition coefficient (Wildman–Crippen LogP) is 5.71. The van der Waals surface area contributed by atoms with E-state index in [9.17, 15) is 0 Å². The van der Waals surface area contributed by atoms with Crippen molar-refractivity contribution in [2.45, 2.75) is 27.2 Å². The average Bonchev–Trinajstić information content (AvgIpc) is 3.16. The number of imidazole rings is 1. The van der Waals surface area contributed by atoms with Crippen molar-refractivity contribution in [1.82, 2.24) is 20.6 Å². The van der Waals surface area contributed by atoms with Gasteiger partial charge in [-0.2, -0.15) is 0 Å². The van der Waals surface area contributed by atoms with E-state index in [0.717, 1.165) is 45.7 Å². The fourth-order valence-electron chi connectivity index (χ4n) is 3.82. The number of aromatic amines is 1. The molecule has 0 radical (unpaired) electrons. The highest BCUT2D eigenvalue weighted by Gasteiger charge is 2.15. The van der Waals surface area contributed by atoms with Crippen molar-refractivity contribution in [3.63, 3.8) is 0 Å². The van der Waals surface area contributed by atoms with Crippen LogP contribution in [0.25, 0.3) is 22.3 Å². The highest BCUT2D eigenvalue weighted by atomic mass is 14.9. The summed E-state index contributed by atoms with van der Waals surface area (Å²) in [4.78, 5) is 8.19. The summed E-state index contributed by atoms with van der Waals surface area (Å²) in [6.45, 7) is 9.95. The van der Waals surface area contributed by atoms with Crippen molar-refractivity contribution in [2.75, 3.05) is 7.05 Å². The monoisotopic (exact) mass is 425 g/mol. The lowest BCUT2D eigenvalue weighted by Crippen LogP contribution is -2.05. The largest absolute Gasteiger partial charge is 0.388 e. The van der Waals surface area contributed by atoms with Gasteiger partial charge >= 0.3 is 0 Å². The summed E-state index contributed by atoms with van der Waals surface area (Å²) in [7, 11) is 1.87. The number of hydrogen-bond acceptors (Lipinski definition) is 4. The molecule has 0 saturated carbocycles. The van der Waals surface area contributed by atoms with Crippen LogP contribution in [0.15, 0.2) is 73.1 Å². The molecule has 5 nitrogen and oxygen atoms in total. The summed E-state index contributed by atoms with van der Waals surface area (Å²) in [5.41, 5.74) is 9.75. The number of allylic oxidation sites excluding steroid dienone is 4. The molecule has 3 rings (SSSR count). The molecule has 0 aliphatic heterocycles. The summed E-state index contributed by atoms with van der Waals surface area (Å²) in [5.74, 6) is 0.899. The summed E-state index contributed by atoms with van der Waals surface area (Å²) in [6, 6.07) is 12.7. The average molecular weight is 426 g/mol. The van der Waals surface area contributed by atoms with E-state index >= 15 is 0 Å². The molecule has 4 N–H and O–H groups in total. The first-order valence-corrected chi connectivity index (χ1v) is 10.6. The van der Waals surface area contributed by atoms with Gasteiger partial charge in [-0.25, -0.2) is 4.98 Å². The minimum Gasteiger partial charge on any atom is -0.388 e. The van der Waals surface area contributed by atoms with Crippen LogP contribution in [-0.2, 0) is 6.42 Å². The molecule has 0 bridgehead atoms. The van der Waals surface area contributed by atoms with Crippen LogP contribution in [-0.4, -0.2) is 23.2 Å². The summed E-state index contributed by atoms with van der Waals surface area (Å²) < 4.78 is 0. The molecular weight excluding hydrogens is 394 g/mol. The number of hydrogen-bond donors (Lipinski definition) is 4. The van der Waals surface area contributed by atoms with Gasteiger partial charge in [-0.15, -0.1) is 0 Å². The van der Waals surface area contributed by atoms with E-state index in [1.807, 2.05) is 20.2 Å². The van der Waals surface area contributed by atoms with Gasteiger partial charge in [0.05, 0.1) is 11.0 Å². The second-order valence-electron chi connectivity index (χ2n) is 7.88. The number of H-pyrrole nitrogens is 1. The third-order valence-electron chi connectivity index (χ3n) is 5.13. The third-order valence-corrected chi connectivity index (χ3v) is 5.13. The van der Waals surface area contributed by atoms with Crippen molar-refractivity contribution in [3.8, 4) is 0 Å². The number of nitrogens with zero attached hydrogens (tertiary/aromatic N) is 1. The second kappa shape index (κ2) is 10.4. The standard InChI is InChI=1S/C27H31N5/c1-6-30-17-22(14-18(2)3)23-10-11-26-27(32-19(4)31-26)24(23)16-20-8-7-9-21(15-20)25(29-5)12-13-28/h6-15,17,28-30H,1,16H2,2-5H3,(H,31,32)/b22-17+,25-12-,28-13?. The molecule has 0 atom stereocenters. The minimum absolute atomic E-state index is 0.731. The minimum atomic E-state index is 0.731. The van der Waals surface area contributed by atoms with Gasteiger partial charge in [0.15, 0.2) is 0 Å². The lowest BCUT2D eigenvalue weighted by Gasteiger charge is -2.14. The van der Waals surface area contributed by atoms with Gasteiger partial charge in [0.2, 0.25) is 0 Å². The quantitative estimate of drug-likeness (QED) is 0.262. The molecule has 3 aromatic rings. The van der Waals surface area contributed by atoms with Crippen molar-refractivity contribution in [3.05, 3.63) is 101 Å². The molecule has 164 valence electrons. The molecular formula is C27H31N5. The van der Waals surface area contributed by atoms with Crippen molar-refractivity contribution >= 4 is 28.5 Å². The Bertz CT molecular complexity index is 1220. The molecule has 1 aromatic heterocycles. The lowest BCUT2D eigenvalue weighted by atomic mass is 9.92. The highest BCUT2D eigenvalue weighted by molar-refractivity contribution is 5.88. The van der Waals surface area contributed by atoms with Crippen LogP contribution in [0.5, 0.6) is 0 Å². The number of nitrogens with one attached hydrogen (secondary N) is 4. The molecule has 5 heteroatoms. The number of aryl methyl sites for hydroxylation is 1. The second-order valence-corrected chi connectivity index (χ2v) is 7.88. The van der Waals surface area contributed by atoms with Crippen LogP contribution >= 0.6 is 0 Å². The Morgan fingerprint density at radius 2 is 2.03 bits per heavy atom. The summed E-state index contributed by atoms with van der Waals surface area (Å²) in [6.07, 6.45) is 9.62. The number of rotatable bonds is 9. The maximum Gasteiger partial charge on any atom is 0.104 e. The Labute approximate surface area is 190 Å². The fraction of sp³-hybridized carbons (Fsp3) is 0.185. The van der Waals surface area contributed by atoms with Crippen molar-refractivity contribution in [2.24, 2.45) is 0 Å². The van der Waals surface area contributed by atoms with Gasteiger partial charge < -0.3 is 21.0 Å². The van der Waals surface area contributed by atoms with Crippen LogP contribution < -0.4 is 10.6 Å². The van der Waals surface area contributed by atoms with Gasteiger partial charge in [-0.05, 0) is 73.0 Å².